The Labute approximate surface area is 153 Å². The lowest BCUT2D eigenvalue weighted by Gasteiger charge is -2.09. The second-order valence-electron chi connectivity index (χ2n) is 5.61. The Hall–Kier alpha value is -3.76. The number of fused-ring (bicyclic) bond motifs is 1. The highest BCUT2D eigenvalue weighted by Crippen LogP contribution is 2.32. The predicted octanol–water partition coefficient (Wildman–Crippen LogP) is 3.79. The van der Waals surface area contributed by atoms with Crippen molar-refractivity contribution in [2.75, 3.05) is 5.32 Å². The average Bonchev–Trinajstić information content (AvgIpc) is 3.29. The second-order valence-corrected chi connectivity index (χ2v) is 5.61. The van der Waals surface area contributed by atoms with E-state index in [4.69, 9.17) is 4.42 Å². The number of nitrogens with zero attached hydrogens (tertiary/aromatic N) is 4. The highest BCUT2D eigenvalue weighted by atomic mass is 19.4. The molecule has 11 heteroatoms. The average molecular weight is 391 g/mol. The van der Waals surface area contributed by atoms with Gasteiger partial charge in [0.15, 0.2) is 11.5 Å². The Morgan fingerprint density at radius 3 is 2.61 bits per heavy atom. The van der Waals surface area contributed by atoms with E-state index in [2.05, 4.69) is 20.4 Å². The smallest absolute Gasteiger partial charge is 0.433 e. The Kier molecular flexibility index (Phi) is 4.06. The van der Waals surface area contributed by atoms with Crippen molar-refractivity contribution >= 4 is 17.4 Å². The van der Waals surface area contributed by atoms with Crippen molar-refractivity contribution in [1.82, 2.24) is 19.6 Å². The molecule has 1 N–H and O–H groups in total. The fourth-order valence-corrected chi connectivity index (χ4v) is 2.47. The van der Waals surface area contributed by atoms with Crippen LogP contribution in [0.1, 0.15) is 16.3 Å². The van der Waals surface area contributed by atoms with Crippen molar-refractivity contribution in [3.8, 4) is 11.5 Å². The number of hydrogen-bond acceptors (Lipinski definition) is 5. The molecule has 3 aromatic heterocycles. The first-order valence-corrected chi connectivity index (χ1v) is 7.77. The molecule has 1 amide bonds. The summed E-state index contributed by atoms with van der Waals surface area (Å²) in [5.74, 6) is -2.40. The van der Waals surface area contributed by atoms with Crippen LogP contribution in [-0.4, -0.2) is 25.5 Å². The van der Waals surface area contributed by atoms with Crippen LogP contribution in [0.3, 0.4) is 0 Å². The highest BCUT2D eigenvalue weighted by Gasteiger charge is 2.36. The third-order valence-corrected chi connectivity index (χ3v) is 3.66. The van der Waals surface area contributed by atoms with Crippen molar-refractivity contribution in [2.24, 2.45) is 0 Å². The fraction of sp³-hybridized carbons (Fsp3) is 0.0588. The third kappa shape index (κ3) is 3.29. The van der Waals surface area contributed by atoms with Gasteiger partial charge < -0.3 is 9.73 Å². The number of anilines is 1. The number of benzene rings is 1. The maximum Gasteiger partial charge on any atom is 0.433 e. The van der Waals surface area contributed by atoms with Crippen LogP contribution in [0.2, 0.25) is 0 Å². The minimum atomic E-state index is -4.79. The summed E-state index contributed by atoms with van der Waals surface area (Å²) in [5, 5.41) is 5.92. The number of nitrogens with one attached hydrogen (secondary N) is 1. The molecule has 142 valence electrons. The van der Waals surface area contributed by atoms with Gasteiger partial charge in [0.25, 0.3) is 11.7 Å². The first kappa shape index (κ1) is 17.6. The van der Waals surface area contributed by atoms with Gasteiger partial charge in [0.2, 0.25) is 5.82 Å². The molecule has 0 saturated carbocycles. The lowest BCUT2D eigenvalue weighted by Crippen LogP contribution is -2.16. The molecule has 0 saturated heterocycles. The number of rotatable bonds is 3. The molecule has 0 unspecified atom stereocenters. The minimum Gasteiger partial charge on any atom is -0.463 e. The van der Waals surface area contributed by atoms with E-state index in [0.717, 1.165) is 12.1 Å². The van der Waals surface area contributed by atoms with Gasteiger partial charge in [0.05, 0.1) is 6.26 Å². The van der Waals surface area contributed by atoms with E-state index in [1.54, 1.807) is 0 Å². The normalized spacial score (nSPS) is 11.7. The van der Waals surface area contributed by atoms with Crippen LogP contribution < -0.4 is 5.32 Å². The van der Waals surface area contributed by atoms with E-state index in [9.17, 15) is 22.4 Å². The Morgan fingerprint density at radius 1 is 1.11 bits per heavy atom. The van der Waals surface area contributed by atoms with Crippen LogP contribution in [0.25, 0.3) is 17.2 Å². The Balaban J connectivity index is 1.78. The van der Waals surface area contributed by atoms with Gasteiger partial charge in [0.1, 0.15) is 11.5 Å². The molecular weight excluding hydrogens is 382 g/mol. The number of aromatic nitrogens is 4. The van der Waals surface area contributed by atoms with Gasteiger partial charge in [-0.15, -0.1) is 5.10 Å². The van der Waals surface area contributed by atoms with Gasteiger partial charge in [-0.05, 0) is 36.4 Å². The molecular formula is C17H9F4N5O2. The number of carbonyl (C=O) groups excluding carboxylic acids is 1. The van der Waals surface area contributed by atoms with Crippen LogP contribution >= 0.6 is 0 Å². The molecule has 0 aliphatic carbocycles. The van der Waals surface area contributed by atoms with Gasteiger partial charge in [-0.3, -0.25) is 4.79 Å². The van der Waals surface area contributed by atoms with Crippen LogP contribution in [0.4, 0.5) is 23.2 Å². The van der Waals surface area contributed by atoms with Gasteiger partial charge in [-0.2, -0.15) is 22.7 Å². The second kappa shape index (κ2) is 6.44. The molecule has 0 bridgehead atoms. The molecule has 1 aromatic carbocycles. The maximum atomic E-state index is 13.5. The number of carbonyl (C=O) groups is 1. The van der Waals surface area contributed by atoms with E-state index in [1.807, 2.05) is 0 Å². The molecule has 0 radical (unpaired) electrons. The SMILES string of the molecule is O=C(Nc1cccc(F)c1)c1nc2nc(-c3ccco3)cc(C(F)(F)F)n2n1. The zero-order valence-electron chi connectivity index (χ0n) is 13.7. The maximum absolute atomic E-state index is 13.5. The van der Waals surface area contributed by atoms with Gasteiger partial charge in [-0.1, -0.05) is 6.07 Å². The zero-order valence-corrected chi connectivity index (χ0v) is 13.7. The number of alkyl halides is 3. The first-order valence-electron chi connectivity index (χ1n) is 7.77. The number of halogens is 4. The first-order chi connectivity index (χ1) is 13.3. The van der Waals surface area contributed by atoms with Gasteiger partial charge in [0, 0.05) is 5.69 Å². The highest BCUT2D eigenvalue weighted by molar-refractivity contribution is 6.01. The van der Waals surface area contributed by atoms with E-state index in [-0.39, 0.29) is 17.1 Å². The third-order valence-electron chi connectivity index (χ3n) is 3.66. The van der Waals surface area contributed by atoms with Crippen LogP contribution in [0.15, 0.2) is 53.1 Å². The number of amides is 1. The summed E-state index contributed by atoms with van der Waals surface area (Å²) >= 11 is 0. The minimum absolute atomic E-state index is 0.0989. The molecule has 3 heterocycles. The molecule has 28 heavy (non-hydrogen) atoms. The van der Waals surface area contributed by atoms with E-state index < -0.39 is 35.2 Å². The summed E-state index contributed by atoms with van der Waals surface area (Å²) < 4.78 is 59.1. The molecule has 0 aliphatic heterocycles. The summed E-state index contributed by atoms with van der Waals surface area (Å²) in [5.41, 5.74) is -1.19. The predicted molar refractivity (Wildman–Crippen MR) is 87.8 cm³/mol. The summed E-state index contributed by atoms with van der Waals surface area (Å²) in [4.78, 5) is 20.0. The molecule has 7 nitrogen and oxygen atoms in total. The topological polar surface area (TPSA) is 85.3 Å². The monoisotopic (exact) mass is 391 g/mol. The zero-order chi connectivity index (χ0) is 19.9. The Bertz CT molecular complexity index is 1170. The van der Waals surface area contributed by atoms with Crippen LogP contribution in [0, 0.1) is 5.82 Å². The van der Waals surface area contributed by atoms with Crippen molar-refractivity contribution in [3.63, 3.8) is 0 Å². The molecule has 0 atom stereocenters. The summed E-state index contributed by atoms with van der Waals surface area (Å²) in [6.07, 6.45) is -3.50. The lowest BCUT2D eigenvalue weighted by molar-refractivity contribution is -0.142. The van der Waals surface area contributed by atoms with Crippen molar-refractivity contribution in [2.45, 2.75) is 6.18 Å². The largest absolute Gasteiger partial charge is 0.463 e. The summed E-state index contributed by atoms with van der Waals surface area (Å²) in [7, 11) is 0. The molecule has 0 fully saturated rings. The van der Waals surface area contributed by atoms with E-state index >= 15 is 0 Å². The Morgan fingerprint density at radius 2 is 1.93 bits per heavy atom. The molecule has 0 spiro atoms. The molecule has 4 aromatic rings. The summed E-state index contributed by atoms with van der Waals surface area (Å²) in [6, 6.07) is 8.67. The van der Waals surface area contributed by atoms with Crippen molar-refractivity contribution < 1.29 is 26.8 Å². The standard InChI is InChI=1S/C17H9F4N5O2/c18-9-3-1-4-10(7-9)22-15(27)14-24-16-23-11(12-5-2-6-28-12)8-13(17(19,20)21)26(16)25-14/h1-8H,(H,22,27). The van der Waals surface area contributed by atoms with Crippen LogP contribution in [0.5, 0.6) is 0 Å². The lowest BCUT2D eigenvalue weighted by atomic mass is 10.2. The van der Waals surface area contributed by atoms with Gasteiger partial charge >= 0.3 is 6.18 Å². The molecule has 4 rings (SSSR count). The van der Waals surface area contributed by atoms with Crippen molar-refractivity contribution in [1.29, 1.82) is 0 Å². The van der Waals surface area contributed by atoms with Gasteiger partial charge in [-0.25, -0.2) is 9.37 Å². The van der Waals surface area contributed by atoms with Crippen molar-refractivity contribution in [3.05, 3.63) is 66.1 Å². The number of hydrogen-bond donors (Lipinski definition) is 1. The van der Waals surface area contributed by atoms with E-state index in [0.29, 0.717) is 4.52 Å². The number of furan rings is 1. The molecule has 0 aliphatic rings. The fourth-order valence-electron chi connectivity index (χ4n) is 2.47. The summed E-state index contributed by atoms with van der Waals surface area (Å²) in [6.45, 7) is 0. The van der Waals surface area contributed by atoms with Crippen LogP contribution in [-0.2, 0) is 6.18 Å². The quantitative estimate of drug-likeness (QED) is 0.537. The van der Waals surface area contributed by atoms with E-state index in [1.165, 1.54) is 36.6 Å².